The highest BCUT2D eigenvalue weighted by molar-refractivity contribution is 6.30. The summed E-state index contributed by atoms with van der Waals surface area (Å²) in [6.07, 6.45) is 0. The number of hydrogen-bond acceptors (Lipinski definition) is 4. The number of esters is 1. The van der Waals surface area contributed by atoms with Gasteiger partial charge in [0, 0.05) is 22.5 Å². The molecule has 1 amide bonds. The molecule has 2 N–H and O–H groups in total. The van der Waals surface area contributed by atoms with E-state index in [1.807, 2.05) is 42.5 Å². The van der Waals surface area contributed by atoms with Gasteiger partial charge in [-0.2, -0.15) is 0 Å². The summed E-state index contributed by atoms with van der Waals surface area (Å²) < 4.78 is 13.3. The summed E-state index contributed by atoms with van der Waals surface area (Å²) in [5.41, 5.74) is 8.17. The molecule has 0 aliphatic carbocycles. The predicted octanol–water partition coefficient (Wildman–Crippen LogP) is 5.32. The molecular weight excluding hydrogens is 440 g/mol. The lowest BCUT2D eigenvalue weighted by Crippen LogP contribution is -2.27. The van der Waals surface area contributed by atoms with E-state index in [4.69, 9.17) is 26.8 Å². The van der Waals surface area contributed by atoms with Crippen LogP contribution in [0.4, 0.5) is 0 Å². The first-order chi connectivity index (χ1) is 15.6. The Morgan fingerprint density at radius 3 is 2.30 bits per heavy atom. The number of fused-ring (bicyclic) bond motifs is 3. The third-order valence-corrected chi connectivity index (χ3v) is 5.37. The number of amides is 1. The van der Waals surface area contributed by atoms with Crippen molar-refractivity contribution in [2.24, 2.45) is 5.73 Å². The summed E-state index contributed by atoms with van der Waals surface area (Å²) in [6, 6.07) is 18.6. The predicted molar refractivity (Wildman–Crippen MR) is 130 cm³/mol. The van der Waals surface area contributed by atoms with E-state index in [-0.39, 0.29) is 6.61 Å². The maximum absolute atomic E-state index is 12.3. The summed E-state index contributed by atoms with van der Waals surface area (Å²) in [4.78, 5) is 24.5. The van der Waals surface area contributed by atoms with Gasteiger partial charge in [0.25, 0.3) is 0 Å². The van der Waals surface area contributed by atoms with Crippen molar-refractivity contribution in [3.05, 3.63) is 76.8 Å². The quantitative estimate of drug-likeness (QED) is 0.391. The molecule has 6 nitrogen and oxygen atoms in total. The zero-order valence-electron chi connectivity index (χ0n) is 18.7. The molecule has 0 bridgehead atoms. The second-order valence-corrected chi connectivity index (χ2v) is 9.24. The van der Waals surface area contributed by atoms with Gasteiger partial charge in [0.2, 0.25) is 5.91 Å². The fourth-order valence-electron chi connectivity index (χ4n) is 3.97. The highest BCUT2D eigenvalue weighted by Gasteiger charge is 2.21. The molecule has 1 aromatic heterocycles. The maximum Gasteiger partial charge on any atom is 0.344 e. The molecule has 7 heteroatoms. The molecule has 0 spiro atoms. The molecule has 0 radical (unpaired) electrons. The first-order valence-electron chi connectivity index (χ1n) is 10.6. The molecule has 0 fully saturated rings. The van der Waals surface area contributed by atoms with Crippen molar-refractivity contribution in [1.29, 1.82) is 0 Å². The van der Waals surface area contributed by atoms with Crippen molar-refractivity contribution in [2.75, 3.05) is 6.61 Å². The van der Waals surface area contributed by atoms with Crippen molar-refractivity contribution < 1.29 is 19.1 Å². The van der Waals surface area contributed by atoms with Crippen LogP contribution in [0.25, 0.3) is 21.8 Å². The Bertz CT molecular complexity index is 1370. The number of benzene rings is 3. The van der Waals surface area contributed by atoms with Crippen LogP contribution in [0.15, 0.2) is 60.7 Å². The van der Waals surface area contributed by atoms with E-state index in [0.717, 1.165) is 16.6 Å². The van der Waals surface area contributed by atoms with Gasteiger partial charge in [-0.05, 0) is 62.7 Å². The molecule has 170 valence electrons. The van der Waals surface area contributed by atoms with Crippen LogP contribution in [-0.4, -0.2) is 28.7 Å². The van der Waals surface area contributed by atoms with Gasteiger partial charge in [-0.15, -0.1) is 0 Å². The molecule has 0 aliphatic rings. The maximum atomic E-state index is 12.3. The molecule has 1 heterocycles. The van der Waals surface area contributed by atoms with Crippen LogP contribution >= 0.6 is 11.6 Å². The number of hydrogen-bond donors (Lipinski definition) is 1. The van der Waals surface area contributed by atoms with Gasteiger partial charge in [0.1, 0.15) is 11.4 Å². The van der Waals surface area contributed by atoms with Crippen LogP contribution in [0.3, 0.4) is 0 Å². The first kappa shape index (κ1) is 22.7. The number of halogens is 1. The fourth-order valence-corrected chi connectivity index (χ4v) is 4.19. The molecule has 0 saturated carbocycles. The Morgan fingerprint density at radius 2 is 1.64 bits per heavy atom. The van der Waals surface area contributed by atoms with Gasteiger partial charge in [-0.1, -0.05) is 35.9 Å². The van der Waals surface area contributed by atoms with Crippen LogP contribution in [0.2, 0.25) is 5.02 Å². The molecule has 0 unspecified atom stereocenters. The van der Waals surface area contributed by atoms with E-state index in [0.29, 0.717) is 33.7 Å². The third kappa shape index (κ3) is 4.81. The van der Waals surface area contributed by atoms with Gasteiger partial charge in [-0.3, -0.25) is 4.79 Å². The van der Waals surface area contributed by atoms with Gasteiger partial charge in [-0.25, -0.2) is 4.79 Å². The normalized spacial score (nSPS) is 11.6. The Morgan fingerprint density at radius 1 is 0.970 bits per heavy atom. The van der Waals surface area contributed by atoms with Crippen molar-refractivity contribution in [3.8, 4) is 5.75 Å². The van der Waals surface area contributed by atoms with Crippen LogP contribution < -0.4 is 10.5 Å². The molecule has 0 saturated heterocycles. The molecular formula is C26H25ClN2O4. The molecule has 4 aromatic rings. The van der Waals surface area contributed by atoms with Crippen molar-refractivity contribution >= 4 is 45.3 Å². The summed E-state index contributed by atoms with van der Waals surface area (Å²) in [5, 5.41) is 2.04. The summed E-state index contributed by atoms with van der Waals surface area (Å²) in [5.74, 6) is -0.538. The van der Waals surface area contributed by atoms with Crippen molar-refractivity contribution in [3.63, 3.8) is 0 Å². The van der Waals surface area contributed by atoms with Gasteiger partial charge in [0.05, 0.1) is 16.4 Å². The number of nitrogens with two attached hydrogens (primary N) is 1. The topological polar surface area (TPSA) is 83.6 Å². The number of nitrogens with zero attached hydrogens (tertiary/aromatic N) is 1. The Kier molecular flexibility index (Phi) is 6.04. The fraction of sp³-hybridized carbons (Fsp3) is 0.231. The second-order valence-electron chi connectivity index (χ2n) is 8.81. The highest BCUT2D eigenvalue weighted by Crippen LogP contribution is 2.38. The molecule has 33 heavy (non-hydrogen) atoms. The minimum Gasteiger partial charge on any atom is -0.481 e. The van der Waals surface area contributed by atoms with E-state index in [1.165, 1.54) is 0 Å². The zero-order chi connectivity index (χ0) is 23.8. The standard InChI is InChI=1S/C26H25ClN2O4/c1-26(2,3)33-22(30)15-32-21-12-6-11-20-24(21)23-18(25(28)31)9-5-10-19(23)29(20)14-16-7-4-8-17(27)13-16/h4-13H,14-15H2,1-3H3,(H2,28,31). The van der Waals surface area contributed by atoms with Crippen LogP contribution in [-0.2, 0) is 16.1 Å². The SMILES string of the molecule is CC(C)(C)OC(=O)COc1cccc2c1c1c(C(N)=O)cccc1n2Cc1cccc(Cl)c1. The van der Waals surface area contributed by atoms with Gasteiger partial charge >= 0.3 is 5.97 Å². The number of ether oxygens (including phenoxy) is 2. The molecule has 4 rings (SSSR count). The Labute approximate surface area is 196 Å². The number of carbonyl (C=O) groups is 2. The van der Waals surface area contributed by atoms with Crippen LogP contribution in [0.5, 0.6) is 5.75 Å². The van der Waals surface area contributed by atoms with Crippen molar-refractivity contribution in [1.82, 2.24) is 4.57 Å². The highest BCUT2D eigenvalue weighted by atomic mass is 35.5. The van der Waals surface area contributed by atoms with Gasteiger partial charge < -0.3 is 19.8 Å². The van der Waals surface area contributed by atoms with E-state index in [9.17, 15) is 9.59 Å². The molecule has 3 aromatic carbocycles. The summed E-state index contributed by atoms with van der Waals surface area (Å²) in [6.45, 7) is 5.67. The Hall–Kier alpha value is -3.51. The van der Waals surface area contributed by atoms with E-state index in [2.05, 4.69) is 4.57 Å². The second kappa shape index (κ2) is 8.79. The summed E-state index contributed by atoms with van der Waals surface area (Å²) in [7, 11) is 0. The van der Waals surface area contributed by atoms with Crippen molar-refractivity contribution in [2.45, 2.75) is 32.9 Å². The monoisotopic (exact) mass is 464 g/mol. The largest absolute Gasteiger partial charge is 0.481 e. The van der Waals surface area contributed by atoms with Crippen LogP contribution in [0, 0.1) is 0 Å². The first-order valence-corrected chi connectivity index (χ1v) is 10.9. The number of carbonyl (C=O) groups excluding carboxylic acids is 2. The van der Waals surface area contributed by atoms with E-state index in [1.54, 1.807) is 39.0 Å². The third-order valence-electron chi connectivity index (χ3n) is 5.14. The molecule has 0 atom stereocenters. The smallest absolute Gasteiger partial charge is 0.344 e. The number of primary amides is 1. The number of aromatic nitrogens is 1. The van der Waals surface area contributed by atoms with Gasteiger partial charge in [0.15, 0.2) is 6.61 Å². The summed E-state index contributed by atoms with van der Waals surface area (Å²) >= 11 is 6.20. The Balaban J connectivity index is 1.87. The lowest BCUT2D eigenvalue weighted by atomic mass is 10.1. The van der Waals surface area contributed by atoms with E-state index < -0.39 is 17.5 Å². The van der Waals surface area contributed by atoms with Crippen LogP contribution in [0.1, 0.15) is 36.7 Å². The van der Waals surface area contributed by atoms with E-state index >= 15 is 0 Å². The minimum atomic E-state index is -0.613. The minimum absolute atomic E-state index is 0.254. The number of rotatable bonds is 6. The lowest BCUT2D eigenvalue weighted by molar-refractivity contribution is -0.157. The lowest BCUT2D eigenvalue weighted by Gasteiger charge is -2.19. The molecule has 0 aliphatic heterocycles. The zero-order valence-corrected chi connectivity index (χ0v) is 19.5. The average molecular weight is 465 g/mol. The average Bonchev–Trinajstić information content (AvgIpc) is 3.05.